The van der Waals surface area contributed by atoms with Crippen molar-refractivity contribution in [2.45, 2.75) is 19.6 Å². The summed E-state index contributed by atoms with van der Waals surface area (Å²) in [5.41, 5.74) is 1.06. The van der Waals surface area contributed by atoms with Crippen LogP contribution in [0.1, 0.15) is 41.4 Å². The molecule has 0 saturated heterocycles. The van der Waals surface area contributed by atoms with E-state index in [1.54, 1.807) is 0 Å². The van der Waals surface area contributed by atoms with Gasteiger partial charge in [0.1, 0.15) is 49.0 Å². The predicted octanol–water partition coefficient (Wildman–Crippen LogP) is 9.35. The number of fused-ring (bicyclic) bond motifs is 20. The van der Waals surface area contributed by atoms with Crippen molar-refractivity contribution in [2.24, 2.45) is 0 Å². The third kappa shape index (κ3) is 20.8. The predicted molar refractivity (Wildman–Crippen MR) is 437 cm³/mol. The van der Waals surface area contributed by atoms with Crippen LogP contribution in [0.3, 0.4) is 0 Å². The summed E-state index contributed by atoms with van der Waals surface area (Å²) in [5, 5.41) is 0.664. The molecule has 120 heavy (non-hydrogen) atoms. The van der Waals surface area contributed by atoms with Gasteiger partial charge in [0.15, 0.2) is 23.3 Å². The maximum atomic E-state index is 14.7. The van der Waals surface area contributed by atoms with E-state index in [1.165, 1.54) is 198 Å². The molecule has 2 aliphatic rings. The van der Waals surface area contributed by atoms with Crippen molar-refractivity contribution in [1.82, 2.24) is 39.9 Å². The third-order valence-corrected chi connectivity index (χ3v) is 23.5. The molecule has 3 aromatic heterocycles. The number of hydrogen-bond donors (Lipinski definition) is 6. The normalized spacial score (nSPS) is 12.0. The highest BCUT2D eigenvalue weighted by atomic mass is 32.2. The van der Waals surface area contributed by atoms with Gasteiger partial charge in [0.2, 0.25) is 0 Å². The molecule has 0 saturated carbocycles. The van der Waals surface area contributed by atoms with Crippen molar-refractivity contribution in [3.63, 3.8) is 0 Å². The molecule has 0 radical (unpaired) electrons. The van der Waals surface area contributed by atoms with Crippen LogP contribution in [-0.4, -0.2) is 232 Å². The second-order valence-electron chi connectivity index (χ2n) is 26.1. The highest BCUT2D eigenvalue weighted by molar-refractivity contribution is 7.93. The Morgan fingerprint density at radius 3 is 0.767 bits per heavy atom. The number of benzene rings is 8. The SMILES string of the molecule is COCCOCCOC(=O)c1ccc(NS(=O)(=O)c2ccc3c(c2)-c2nc-3nc3[nH]c(nc4nc(nc5[nH]c(n2)c2ccc(S(=O)(=O)Nc6ccc(C(=O)OCCOCCOC)cc6)cc52)-c2cc(S(=O)(=O)Nc5ccc(C(=O)OCCOCCOC)cc5)ccc2-4)c2cc(S(=O)(=O)Nc4ccc(C(=O)OCCOCCOC)cc4)ccc32)cc1. The van der Waals surface area contributed by atoms with Gasteiger partial charge in [-0.2, -0.15) is 0 Å². The molecular weight excluding hydrogens is 1640 g/mol. The number of H-pyrrole nitrogens is 2. The highest BCUT2D eigenvalue weighted by Crippen LogP contribution is 2.41. The summed E-state index contributed by atoms with van der Waals surface area (Å²) >= 11 is 0. The van der Waals surface area contributed by atoms with Crippen LogP contribution in [0, 0.1) is 0 Å². The van der Waals surface area contributed by atoms with E-state index in [0.717, 1.165) is 0 Å². The van der Waals surface area contributed by atoms with E-state index in [1.807, 2.05) is 0 Å². The summed E-state index contributed by atoms with van der Waals surface area (Å²) in [5.74, 6) is -3.29. The highest BCUT2D eigenvalue weighted by Gasteiger charge is 2.30. The Kier molecular flexibility index (Phi) is 27.5. The zero-order valence-corrected chi connectivity index (χ0v) is 67.9. The summed E-state index contributed by atoms with van der Waals surface area (Å²) in [6.07, 6.45) is 0. The molecule has 6 N–H and O–H groups in total. The molecule has 0 fully saturated rings. The Morgan fingerprint density at radius 2 is 0.500 bits per heavy atom. The molecule has 0 spiro atoms. The monoisotopic (exact) mass is 1720 g/mol. The maximum Gasteiger partial charge on any atom is 0.338 e. The number of esters is 4. The van der Waals surface area contributed by atoms with Crippen LogP contribution < -0.4 is 18.9 Å². The van der Waals surface area contributed by atoms with E-state index in [4.69, 9.17) is 86.7 Å². The number of carbonyl (C=O) groups excluding carboxylic acids is 4. The van der Waals surface area contributed by atoms with E-state index in [2.05, 4.69) is 28.9 Å². The number of aromatic amines is 2. The number of carbonyl (C=O) groups is 4. The molecule has 40 heteroatoms. The number of methoxy groups -OCH3 is 4. The van der Waals surface area contributed by atoms with Gasteiger partial charge in [-0.15, -0.1) is 0 Å². The number of rotatable bonds is 40. The van der Waals surface area contributed by atoms with Gasteiger partial charge in [0, 0.05) is 95.0 Å². The minimum Gasteiger partial charge on any atom is -0.460 e. The Morgan fingerprint density at radius 1 is 0.267 bits per heavy atom. The van der Waals surface area contributed by atoms with Crippen molar-refractivity contribution in [3.8, 4) is 45.6 Å². The van der Waals surface area contributed by atoms with Crippen LogP contribution in [-0.2, 0) is 96.9 Å². The van der Waals surface area contributed by atoms with Crippen LogP contribution in [0.15, 0.2) is 189 Å². The van der Waals surface area contributed by atoms with Crippen molar-refractivity contribution >= 4 is 131 Å². The first-order valence-electron chi connectivity index (χ1n) is 36.8. The minimum absolute atomic E-state index is 0.0290. The molecule has 0 atom stereocenters. The van der Waals surface area contributed by atoms with Crippen molar-refractivity contribution in [2.75, 3.05) is 153 Å². The van der Waals surface area contributed by atoms with Crippen LogP contribution in [0.5, 0.6) is 0 Å². The fourth-order valence-electron chi connectivity index (χ4n) is 12.0. The molecule has 13 rings (SSSR count). The second kappa shape index (κ2) is 38.6. The molecule has 11 aromatic rings. The number of aromatic nitrogens is 8. The number of nitrogens with one attached hydrogen (secondary N) is 6. The lowest BCUT2D eigenvalue weighted by Gasteiger charge is -2.10. The summed E-state index contributed by atoms with van der Waals surface area (Å²) in [6.45, 7) is 2.80. The van der Waals surface area contributed by atoms with Crippen LogP contribution in [0.2, 0.25) is 0 Å². The molecule has 2 aliphatic heterocycles. The lowest BCUT2D eigenvalue weighted by molar-refractivity contribution is 0.0210. The summed E-state index contributed by atoms with van der Waals surface area (Å²) in [6, 6.07) is 38.1. The van der Waals surface area contributed by atoms with E-state index in [0.29, 0.717) is 52.9 Å². The van der Waals surface area contributed by atoms with Gasteiger partial charge in [0.25, 0.3) is 40.1 Å². The van der Waals surface area contributed by atoms with Crippen LogP contribution in [0.4, 0.5) is 22.7 Å². The van der Waals surface area contributed by atoms with E-state index >= 15 is 0 Å². The van der Waals surface area contributed by atoms with Gasteiger partial charge < -0.3 is 66.8 Å². The zero-order valence-electron chi connectivity index (χ0n) is 64.6. The maximum absolute atomic E-state index is 14.7. The molecule has 626 valence electrons. The molecular formula is C80H78N12O24S4. The largest absolute Gasteiger partial charge is 0.460 e. The molecule has 0 amide bonds. The Balaban J connectivity index is 0.932. The number of nitrogens with zero attached hydrogens (tertiary/aromatic N) is 6. The fourth-order valence-corrected chi connectivity index (χ4v) is 16.4. The number of hydrogen-bond acceptors (Lipinski definition) is 30. The van der Waals surface area contributed by atoms with Gasteiger partial charge in [-0.05, 0) is 170 Å². The third-order valence-electron chi connectivity index (χ3n) is 18.0. The van der Waals surface area contributed by atoms with Crippen molar-refractivity contribution in [3.05, 3.63) is 192 Å². The number of ether oxygens (including phenoxy) is 12. The smallest absolute Gasteiger partial charge is 0.338 e. The minimum atomic E-state index is -4.56. The van der Waals surface area contributed by atoms with Gasteiger partial charge in [-0.25, -0.2) is 82.8 Å². The fraction of sp³-hybridized carbons (Fsp3) is 0.250. The first-order valence-corrected chi connectivity index (χ1v) is 42.7. The number of sulfonamides is 4. The quantitative estimate of drug-likeness (QED) is 0.0118. The average Bonchev–Trinajstić information content (AvgIpc) is 1.59. The second-order valence-corrected chi connectivity index (χ2v) is 32.9. The van der Waals surface area contributed by atoms with E-state index < -0.39 is 64.0 Å². The molecule has 8 bridgehead atoms. The van der Waals surface area contributed by atoms with Crippen LogP contribution in [0.25, 0.3) is 89.7 Å². The van der Waals surface area contributed by atoms with Crippen molar-refractivity contribution in [1.29, 1.82) is 0 Å². The average molecular weight is 1720 g/mol. The molecule has 5 heterocycles. The van der Waals surface area contributed by atoms with Crippen molar-refractivity contribution < 1.29 is 110 Å². The Hall–Kier alpha value is -12.3. The first kappa shape index (κ1) is 85.6. The number of anilines is 4. The summed E-state index contributed by atoms with van der Waals surface area (Å²) in [7, 11) is -12.0. The lowest BCUT2D eigenvalue weighted by Crippen LogP contribution is -2.14. The molecule has 8 aromatic carbocycles. The van der Waals surface area contributed by atoms with Gasteiger partial charge >= 0.3 is 23.9 Å². The zero-order chi connectivity index (χ0) is 84.6. The first-order chi connectivity index (χ1) is 57.9. The van der Waals surface area contributed by atoms with E-state index in [-0.39, 0.29) is 207 Å². The summed E-state index contributed by atoms with van der Waals surface area (Å²) < 4.78 is 190. The van der Waals surface area contributed by atoms with E-state index in [9.17, 15) is 52.8 Å². The van der Waals surface area contributed by atoms with Gasteiger partial charge in [-0.3, -0.25) is 18.9 Å². The lowest BCUT2D eigenvalue weighted by atomic mass is 10.1. The molecule has 0 unspecified atom stereocenters. The summed E-state index contributed by atoms with van der Waals surface area (Å²) in [4.78, 5) is 86.8. The Labute approximate surface area is 686 Å². The van der Waals surface area contributed by atoms with Gasteiger partial charge in [0.05, 0.1) is 121 Å². The topological polar surface area (TPSA) is 473 Å². The molecule has 0 aliphatic carbocycles. The van der Waals surface area contributed by atoms with Crippen LogP contribution >= 0.6 is 0 Å². The standard InChI is InChI=1S/C80H78N12O24S4/c1-105-29-33-109-37-41-113-77(93)49-5-13-53(14-6-49)89-117(97,98)57-21-25-61-65(45-57)73-82-69(61)81-70-62-26-22-58(118(99,100)90-54-15-7-50(8-16-54)78(94)114-42-38-110-34-30-106-2)46-66(62)74(83-70)85-72-64-28-24-60(120(103,104)92-56-19-11-52(12-20-56)80(96)116-44-40-112-36-32-108-4)48-68(64)76(87-72)88-75-67-47-59(23-27-63(67)71(84-73)86-75)119(101,102)91-55-17-9-51(10-18-55)79(95)115-43-39-111-35-31-107-3/h5-28,45-48,89-92H,29-44H2,1-4H3,(H2,81,82,83,84,85,86,87,88). The van der Waals surface area contributed by atoms with Gasteiger partial charge in [-0.1, -0.05) is 0 Å². The molecule has 36 nitrogen and oxygen atoms in total. The Bertz CT molecular complexity index is 6310.